The van der Waals surface area contributed by atoms with Crippen LogP contribution in [0.15, 0.2) is 54.6 Å². The largest absolute Gasteiger partial charge is 0.320 e. The molecule has 0 saturated carbocycles. The number of nitrogens with zero attached hydrogens (tertiary/aromatic N) is 1. The number of fused-ring (bicyclic) bond motifs is 1. The molecule has 0 radical (unpaired) electrons. The molecule has 1 heterocycles. The van der Waals surface area contributed by atoms with Crippen LogP contribution < -0.4 is 5.32 Å². The maximum Gasteiger partial charge on any atom is 0.255 e. The van der Waals surface area contributed by atoms with Gasteiger partial charge in [0.2, 0.25) is 0 Å². The van der Waals surface area contributed by atoms with E-state index in [0.717, 1.165) is 16.6 Å². The number of aromatic nitrogens is 1. The predicted molar refractivity (Wildman–Crippen MR) is 80.8 cm³/mol. The SMILES string of the molecule is Cc1ccc2cccc(NC(=O)c3cccc(F)c3)c2n1. The van der Waals surface area contributed by atoms with Crippen LogP contribution in [-0.2, 0) is 0 Å². The van der Waals surface area contributed by atoms with Gasteiger partial charge < -0.3 is 5.32 Å². The predicted octanol–water partition coefficient (Wildman–Crippen LogP) is 3.93. The average Bonchev–Trinajstić information content (AvgIpc) is 2.48. The van der Waals surface area contributed by atoms with Crippen molar-refractivity contribution in [2.75, 3.05) is 5.32 Å². The zero-order valence-electron chi connectivity index (χ0n) is 11.4. The van der Waals surface area contributed by atoms with Crippen molar-refractivity contribution in [2.45, 2.75) is 6.92 Å². The summed E-state index contributed by atoms with van der Waals surface area (Å²) in [6.45, 7) is 1.89. The van der Waals surface area contributed by atoms with E-state index in [1.165, 1.54) is 18.2 Å². The lowest BCUT2D eigenvalue weighted by molar-refractivity contribution is 0.102. The maximum absolute atomic E-state index is 13.2. The van der Waals surface area contributed by atoms with E-state index in [2.05, 4.69) is 10.3 Å². The molecule has 3 aromatic rings. The van der Waals surface area contributed by atoms with E-state index >= 15 is 0 Å². The standard InChI is InChI=1S/C17H13FN2O/c1-11-8-9-12-4-3-7-15(16(12)19-11)20-17(21)13-5-2-6-14(18)10-13/h2-10H,1H3,(H,20,21). The second-order valence-electron chi connectivity index (χ2n) is 4.79. The van der Waals surface area contributed by atoms with E-state index in [4.69, 9.17) is 0 Å². The van der Waals surface area contributed by atoms with Crippen LogP contribution in [0, 0.1) is 12.7 Å². The van der Waals surface area contributed by atoms with Gasteiger partial charge in [-0.1, -0.05) is 24.3 Å². The molecular weight excluding hydrogens is 267 g/mol. The summed E-state index contributed by atoms with van der Waals surface area (Å²) in [6, 6.07) is 15.0. The molecule has 0 spiro atoms. The van der Waals surface area contributed by atoms with Crippen molar-refractivity contribution >= 4 is 22.5 Å². The third-order valence-electron chi connectivity index (χ3n) is 3.19. The molecule has 4 heteroatoms. The summed E-state index contributed by atoms with van der Waals surface area (Å²) in [5, 5.41) is 3.73. The van der Waals surface area contributed by atoms with Gasteiger partial charge in [0.1, 0.15) is 5.82 Å². The number of para-hydroxylation sites is 1. The number of hydrogen-bond donors (Lipinski definition) is 1. The van der Waals surface area contributed by atoms with Gasteiger partial charge in [0.05, 0.1) is 11.2 Å². The van der Waals surface area contributed by atoms with Gasteiger partial charge in [-0.2, -0.15) is 0 Å². The van der Waals surface area contributed by atoms with Crippen LogP contribution >= 0.6 is 0 Å². The summed E-state index contributed by atoms with van der Waals surface area (Å²) in [6.07, 6.45) is 0. The highest BCUT2D eigenvalue weighted by Gasteiger charge is 2.09. The van der Waals surface area contributed by atoms with Crippen molar-refractivity contribution in [3.05, 3.63) is 71.7 Å². The number of carbonyl (C=O) groups is 1. The van der Waals surface area contributed by atoms with Gasteiger partial charge in [0, 0.05) is 16.6 Å². The number of halogens is 1. The second kappa shape index (κ2) is 5.32. The molecule has 0 aliphatic carbocycles. The molecule has 1 amide bonds. The number of pyridine rings is 1. The normalized spacial score (nSPS) is 10.6. The Labute approximate surface area is 121 Å². The fourth-order valence-corrected chi connectivity index (χ4v) is 2.17. The smallest absolute Gasteiger partial charge is 0.255 e. The molecule has 3 rings (SSSR count). The Morgan fingerprint density at radius 3 is 2.71 bits per heavy atom. The molecular formula is C17H13FN2O. The topological polar surface area (TPSA) is 42.0 Å². The number of hydrogen-bond acceptors (Lipinski definition) is 2. The fraction of sp³-hybridized carbons (Fsp3) is 0.0588. The van der Waals surface area contributed by atoms with E-state index in [-0.39, 0.29) is 11.5 Å². The molecule has 1 aromatic heterocycles. The first-order valence-electron chi connectivity index (χ1n) is 6.57. The van der Waals surface area contributed by atoms with Gasteiger partial charge >= 0.3 is 0 Å². The van der Waals surface area contributed by atoms with Crippen LogP contribution in [0.2, 0.25) is 0 Å². The van der Waals surface area contributed by atoms with Crippen molar-refractivity contribution in [2.24, 2.45) is 0 Å². The van der Waals surface area contributed by atoms with Crippen molar-refractivity contribution in [3.63, 3.8) is 0 Å². The Kier molecular flexibility index (Phi) is 3.36. The molecule has 3 nitrogen and oxygen atoms in total. The summed E-state index contributed by atoms with van der Waals surface area (Å²) in [5.41, 5.74) is 2.49. The molecule has 104 valence electrons. The van der Waals surface area contributed by atoms with Crippen molar-refractivity contribution < 1.29 is 9.18 Å². The summed E-state index contributed by atoms with van der Waals surface area (Å²) < 4.78 is 13.2. The Bertz CT molecular complexity index is 830. The summed E-state index contributed by atoms with van der Waals surface area (Å²) in [7, 11) is 0. The molecule has 0 aliphatic heterocycles. The number of nitrogens with one attached hydrogen (secondary N) is 1. The molecule has 21 heavy (non-hydrogen) atoms. The van der Waals surface area contributed by atoms with Gasteiger partial charge in [-0.15, -0.1) is 0 Å². The lowest BCUT2D eigenvalue weighted by Gasteiger charge is -2.08. The monoisotopic (exact) mass is 280 g/mol. The minimum absolute atomic E-state index is 0.277. The van der Waals surface area contributed by atoms with Crippen molar-refractivity contribution in [3.8, 4) is 0 Å². The molecule has 0 saturated heterocycles. The van der Waals surface area contributed by atoms with Gasteiger partial charge in [-0.05, 0) is 37.3 Å². The Morgan fingerprint density at radius 1 is 1.10 bits per heavy atom. The lowest BCUT2D eigenvalue weighted by Crippen LogP contribution is -2.12. The quantitative estimate of drug-likeness (QED) is 0.772. The first kappa shape index (κ1) is 13.2. The first-order valence-corrected chi connectivity index (χ1v) is 6.57. The van der Waals surface area contributed by atoms with E-state index in [1.807, 2.05) is 31.2 Å². The molecule has 1 N–H and O–H groups in total. The third kappa shape index (κ3) is 2.74. The van der Waals surface area contributed by atoms with Gasteiger partial charge in [-0.3, -0.25) is 9.78 Å². The van der Waals surface area contributed by atoms with Crippen LogP contribution in [0.5, 0.6) is 0 Å². The highest BCUT2D eigenvalue weighted by molar-refractivity contribution is 6.08. The number of amides is 1. The summed E-state index contributed by atoms with van der Waals surface area (Å²) >= 11 is 0. The summed E-state index contributed by atoms with van der Waals surface area (Å²) in [4.78, 5) is 16.6. The number of anilines is 1. The van der Waals surface area contributed by atoms with E-state index in [9.17, 15) is 9.18 Å². The molecule has 0 bridgehead atoms. The Hall–Kier alpha value is -2.75. The van der Waals surface area contributed by atoms with Gasteiger partial charge in [0.25, 0.3) is 5.91 Å². The number of carbonyl (C=O) groups excluding carboxylic acids is 1. The first-order chi connectivity index (χ1) is 10.1. The van der Waals surface area contributed by atoms with Crippen LogP contribution in [0.3, 0.4) is 0 Å². The zero-order chi connectivity index (χ0) is 14.8. The number of aryl methyl sites for hydroxylation is 1. The third-order valence-corrected chi connectivity index (χ3v) is 3.19. The molecule has 0 unspecified atom stereocenters. The minimum Gasteiger partial charge on any atom is -0.320 e. The molecule has 0 atom stereocenters. The highest BCUT2D eigenvalue weighted by Crippen LogP contribution is 2.22. The van der Waals surface area contributed by atoms with Crippen LogP contribution in [0.25, 0.3) is 10.9 Å². The molecule has 0 fully saturated rings. The van der Waals surface area contributed by atoms with Gasteiger partial charge in [-0.25, -0.2) is 4.39 Å². The van der Waals surface area contributed by atoms with Crippen molar-refractivity contribution in [1.82, 2.24) is 4.98 Å². The average molecular weight is 280 g/mol. The zero-order valence-corrected chi connectivity index (χ0v) is 11.4. The summed E-state index contributed by atoms with van der Waals surface area (Å²) in [5.74, 6) is -0.792. The number of benzene rings is 2. The van der Waals surface area contributed by atoms with Crippen LogP contribution in [-0.4, -0.2) is 10.9 Å². The van der Waals surface area contributed by atoms with E-state index < -0.39 is 5.82 Å². The van der Waals surface area contributed by atoms with Crippen molar-refractivity contribution in [1.29, 1.82) is 0 Å². The Balaban J connectivity index is 1.98. The molecule has 0 aliphatic rings. The van der Waals surface area contributed by atoms with E-state index in [0.29, 0.717) is 5.69 Å². The maximum atomic E-state index is 13.2. The highest BCUT2D eigenvalue weighted by atomic mass is 19.1. The fourth-order valence-electron chi connectivity index (χ4n) is 2.17. The number of rotatable bonds is 2. The Morgan fingerprint density at radius 2 is 1.90 bits per heavy atom. The van der Waals surface area contributed by atoms with E-state index in [1.54, 1.807) is 12.1 Å². The second-order valence-corrected chi connectivity index (χ2v) is 4.79. The van der Waals surface area contributed by atoms with Crippen LogP contribution in [0.1, 0.15) is 16.1 Å². The lowest BCUT2D eigenvalue weighted by atomic mass is 10.1. The molecule has 2 aromatic carbocycles. The minimum atomic E-state index is -0.436. The van der Waals surface area contributed by atoms with Gasteiger partial charge in [0.15, 0.2) is 0 Å². The van der Waals surface area contributed by atoms with Crippen LogP contribution in [0.4, 0.5) is 10.1 Å².